The second-order valence-electron chi connectivity index (χ2n) is 16.8. The molecule has 0 aliphatic heterocycles. The van der Waals surface area contributed by atoms with Gasteiger partial charge in [-0.1, -0.05) is 143 Å². The third-order valence-electron chi connectivity index (χ3n) is 10.4. The number of allylic oxidation sites excluding steroid dienone is 4. The van der Waals surface area contributed by atoms with Crippen molar-refractivity contribution in [3.63, 3.8) is 0 Å². The van der Waals surface area contributed by atoms with Gasteiger partial charge in [-0.25, -0.2) is 6.08 Å². The van der Waals surface area contributed by atoms with Gasteiger partial charge in [-0.3, -0.25) is 6.08 Å². The van der Waals surface area contributed by atoms with Crippen LogP contribution in [0, 0.1) is 83.1 Å². The molecule has 6 aromatic rings. The van der Waals surface area contributed by atoms with Crippen LogP contribution < -0.4 is 0 Å². The zero-order valence-corrected chi connectivity index (χ0v) is 40.8. The number of benzene rings is 6. The molecule has 0 aromatic heterocycles. The molecule has 8 rings (SSSR count). The number of hydrogen-bond donors (Lipinski definition) is 0. The fourth-order valence-electron chi connectivity index (χ4n) is 7.74. The van der Waals surface area contributed by atoms with Gasteiger partial charge in [-0.05, 0) is 75.8 Å². The number of rotatable bonds is 3. The minimum absolute atomic E-state index is 0.288. The van der Waals surface area contributed by atoms with Crippen LogP contribution >= 0.6 is 23.2 Å². The maximum atomic E-state index is 5.51. The van der Waals surface area contributed by atoms with E-state index in [9.17, 15) is 0 Å². The molecule has 1 atom stereocenters. The normalized spacial score (nSPS) is 13.2. The van der Waals surface area contributed by atoms with Gasteiger partial charge in [-0.15, -0.1) is 29.3 Å². The first-order chi connectivity index (χ1) is 28.0. The first-order valence-electron chi connectivity index (χ1n) is 20.3. The molecule has 0 saturated carbocycles. The van der Waals surface area contributed by atoms with E-state index in [1.165, 1.54) is 108 Å². The molecular formula is C56H58Cl2Zr-4. The summed E-state index contributed by atoms with van der Waals surface area (Å²) in [6.07, 6.45) is 8.86. The second-order valence-corrected chi connectivity index (χ2v) is 17.6. The Balaban J connectivity index is 0.000000222. The van der Waals surface area contributed by atoms with Gasteiger partial charge < -0.3 is 0 Å². The molecule has 1 unspecified atom stereocenters. The fraction of sp³-hybridized carbons (Fsp3) is 0.268. The molecule has 304 valence electrons. The summed E-state index contributed by atoms with van der Waals surface area (Å²) >= 11 is 12.3. The average molecular weight is 893 g/mol. The van der Waals surface area contributed by atoms with E-state index in [4.69, 9.17) is 23.2 Å². The van der Waals surface area contributed by atoms with E-state index in [0.717, 1.165) is 16.5 Å². The van der Waals surface area contributed by atoms with Crippen LogP contribution in [-0.2, 0) is 30.7 Å². The summed E-state index contributed by atoms with van der Waals surface area (Å²) in [4.78, 5) is 0. The Hall–Kier alpha value is -3.87. The summed E-state index contributed by atoms with van der Waals surface area (Å²) in [5, 5.41) is 1.48. The van der Waals surface area contributed by atoms with Gasteiger partial charge in [0.05, 0.1) is 0 Å². The third-order valence-corrected chi connectivity index (χ3v) is 10.9. The molecule has 0 nitrogen and oxygen atoms in total. The molecule has 0 bridgehead atoms. The van der Waals surface area contributed by atoms with E-state index in [1.54, 1.807) is 12.1 Å². The van der Waals surface area contributed by atoms with Crippen LogP contribution in [0.4, 0.5) is 0 Å². The minimum atomic E-state index is 0.288. The van der Waals surface area contributed by atoms with Crippen molar-refractivity contribution in [3.8, 4) is 33.4 Å². The fourth-order valence-corrected chi connectivity index (χ4v) is 8.01. The Kier molecular flexibility index (Phi) is 17.9. The van der Waals surface area contributed by atoms with Crippen molar-refractivity contribution < 1.29 is 24.2 Å². The van der Waals surface area contributed by atoms with Crippen LogP contribution in [0.15, 0.2) is 121 Å². The Morgan fingerprint density at radius 3 is 1.59 bits per heavy atom. The Bertz CT molecular complexity index is 2190. The van der Waals surface area contributed by atoms with Crippen LogP contribution in [0.25, 0.3) is 33.4 Å². The van der Waals surface area contributed by atoms with Crippen molar-refractivity contribution in [2.24, 2.45) is 17.3 Å². The standard InChI is InChI=1S/C31H29.C12H19.2C6H4Cl.CH2.Zr/c1-18-11-20(3)30(21(4)12-18)24-7-9-28-26(15-24)17-27-16-25(8-10-29(27)28)31-22(5)13-19(2)14-23(31)6;1-9(2)10-6-7-11(8-10)12(3,4)5;2*7-6-4-2-1-3-5-6;;/h7-15H,17H2,1-6H3;7-10H,1-5H3;2*1-2,4-5H;1H2;/q4*-1;;. The summed E-state index contributed by atoms with van der Waals surface area (Å²) in [5.74, 6) is 1.22. The maximum absolute atomic E-state index is 5.51. The van der Waals surface area contributed by atoms with Crippen LogP contribution in [0.5, 0.6) is 0 Å². The van der Waals surface area contributed by atoms with Gasteiger partial charge in [-0.2, -0.15) is 95.5 Å². The predicted octanol–water partition coefficient (Wildman–Crippen LogP) is 16.1. The second kappa shape index (κ2) is 22.1. The van der Waals surface area contributed by atoms with Crippen molar-refractivity contribution in [2.45, 2.75) is 82.6 Å². The molecule has 3 heteroatoms. The van der Waals surface area contributed by atoms with Gasteiger partial charge in [0.15, 0.2) is 0 Å². The zero-order chi connectivity index (χ0) is 43.4. The van der Waals surface area contributed by atoms with E-state index in [0.29, 0.717) is 11.8 Å². The molecular weight excluding hydrogens is 835 g/mol. The van der Waals surface area contributed by atoms with Crippen LogP contribution in [0.1, 0.15) is 79.1 Å². The summed E-state index contributed by atoms with van der Waals surface area (Å²) in [7, 11) is 0. The van der Waals surface area contributed by atoms with E-state index < -0.39 is 0 Å². The molecule has 0 N–H and O–H groups in total. The molecule has 0 heterocycles. The number of hydrogen-bond acceptors (Lipinski definition) is 0. The molecule has 2 aliphatic carbocycles. The molecule has 0 amide bonds. The monoisotopic (exact) mass is 890 g/mol. The Morgan fingerprint density at radius 2 is 1.19 bits per heavy atom. The number of fused-ring (bicyclic) bond motifs is 3. The summed E-state index contributed by atoms with van der Waals surface area (Å²) in [6.45, 7) is 24.5. The number of aryl methyl sites for hydroxylation is 6. The van der Waals surface area contributed by atoms with Crippen molar-refractivity contribution in [1.29, 1.82) is 0 Å². The zero-order valence-electron chi connectivity index (χ0n) is 36.8. The summed E-state index contributed by atoms with van der Waals surface area (Å²) < 4.78 is 3.34. The summed E-state index contributed by atoms with van der Waals surface area (Å²) in [5.41, 5.74) is 20.4. The third kappa shape index (κ3) is 13.3. The van der Waals surface area contributed by atoms with Crippen LogP contribution in [0.2, 0.25) is 10.0 Å². The topological polar surface area (TPSA) is 0 Å². The molecule has 0 fully saturated rings. The molecule has 0 spiro atoms. The molecule has 0 saturated heterocycles. The molecule has 59 heavy (non-hydrogen) atoms. The van der Waals surface area contributed by atoms with Gasteiger partial charge in [0.1, 0.15) is 0 Å². The van der Waals surface area contributed by atoms with Crippen LogP contribution in [0.3, 0.4) is 0 Å². The van der Waals surface area contributed by atoms with Gasteiger partial charge in [0.2, 0.25) is 0 Å². The van der Waals surface area contributed by atoms with Crippen molar-refractivity contribution in [3.05, 3.63) is 200 Å². The van der Waals surface area contributed by atoms with Gasteiger partial charge in [0.25, 0.3) is 0 Å². The van der Waals surface area contributed by atoms with E-state index in [2.05, 4.69) is 171 Å². The number of halogens is 2. The average Bonchev–Trinajstić information content (AvgIpc) is 3.83. The molecule has 6 aromatic carbocycles. The van der Waals surface area contributed by atoms with Crippen LogP contribution in [-0.4, -0.2) is 4.21 Å². The van der Waals surface area contributed by atoms with Crippen molar-refractivity contribution >= 4 is 27.4 Å². The Morgan fingerprint density at radius 1 is 0.678 bits per heavy atom. The molecule has 0 radical (unpaired) electrons. The van der Waals surface area contributed by atoms with Gasteiger partial charge >= 0.3 is 28.4 Å². The molecule has 2 aliphatic rings. The Labute approximate surface area is 381 Å². The first-order valence-corrected chi connectivity index (χ1v) is 22.8. The van der Waals surface area contributed by atoms with E-state index in [1.807, 2.05) is 36.4 Å². The first kappa shape index (κ1) is 47.8. The van der Waals surface area contributed by atoms with E-state index >= 15 is 0 Å². The van der Waals surface area contributed by atoms with E-state index in [-0.39, 0.29) is 5.41 Å². The SMILES string of the molecule is CC(C)C1[C-]=CC(C(C)(C)C)=C1.Cc1cc(C)c(-c2[c-]c3c(cc2)-c2ccc(-c4c(C)cc(C)cc4C)cc2C3)c(C)c1.Clc1c[c-]ccc1.Clc1c[c-]ccc1.[CH2]=[Zr]. The quantitative estimate of drug-likeness (QED) is 0.155. The summed E-state index contributed by atoms with van der Waals surface area (Å²) in [6, 6.07) is 44.5. The van der Waals surface area contributed by atoms with Gasteiger partial charge in [0, 0.05) is 0 Å². The van der Waals surface area contributed by atoms with Crippen molar-refractivity contribution in [1.82, 2.24) is 0 Å². The van der Waals surface area contributed by atoms with Crippen molar-refractivity contribution in [2.75, 3.05) is 0 Å². The predicted molar refractivity (Wildman–Crippen MR) is 254 cm³/mol.